The second-order valence-corrected chi connectivity index (χ2v) is 5.11. The number of hydrogen-bond acceptors (Lipinski definition) is 6. The molecule has 3 heterocycles. The minimum Gasteiger partial charge on any atom is -0.379 e. The molecule has 1 amide bonds. The van der Waals surface area contributed by atoms with Gasteiger partial charge in [-0.25, -0.2) is 4.98 Å². The van der Waals surface area contributed by atoms with Crippen LogP contribution < -0.4 is 5.32 Å². The molecule has 7 heteroatoms. The highest BCUT2D eigenvalue weighted by Crippen LogP contribution is 2.20. The van der Waals surface area contributed by atoms with Crippen LogP contribution in [0.15, 0.2) is 29.2 Å². The first-order chi connectivity index (χ1) is 10.2. The van der Waals surface area contributed by atoms with Gasteiger partial charge < -0.3 is 14.6 Å². The predicted octanol–water partition coefficient (Wildman–Crippen LogP) is 0.761. The number of aromatic nitrogens is 3. The molecule has 21 heavy (non-hydrogen) atoms. The monoisotopic (exact) mass is 288 g/mol. The van der Waals surface area contributed by atoms with Crippen LogP contribution in [0.2, 0.25) is 0 Å². The lowest BCUT2D eigenvalue weighted by atomic mass is 9.98. The van der Waals surface area contributed by atoms with E-state index >= 15 is 0 Å². The zero-order valence-electron chi connectivity index (χ0n) is 11.7. The van der Waals surface area contributed by atoms with Crippen molar-refractivity contribution in [3.8, 4) is 0 Å². The largest absolute Gasteiger partial charge is 0.379 e. The third-order valence-electron chi connectivity index (χ3n) is 3.45. The van der Waals surface area contributed by atoms with Gasteiger partial charge in [0.25, 0.3) is 5.91 Å². The maximum absolute atomic E-state index is 12.1. The normalized spacial score (nSPS) is 21.4. The highest BCUT2D eigenvalue weighted by Gasteiger charge is 2.31. The van der Waals surface area contributed by atoms with Crippen LogP contribution in [-0.2, 0) is 11.2 Å². The van der Waals surface area contributed by atoms with E-state index in [1.165, 1.54) is 18.6 Å². The maximum atomic E-state index is 12.1. The average Bonchev–Trinajstić information content (AvgIpc) is 3.10. The molecule has 1 aliphatic rings. The van der Waals surface area contributed by atoms with Crippen LogP contribution >= 0.6 is 0 Å². The topological polar surface area (TPSA) is 90.1 Å². The minimum atomic E-state index is -0.239. The maximum Gasteiger partial charge on any atom is 0.271 e. The van der Waals surface area contributed by atoms with Gasteiger partial charge in [0.05, 0.1) is 31.1 Å². The van der Waals surface area contributed by atoms with E-state index in [0.717, 1.165) is 11.5 Å². The van der Waals surface area contributed by atoms with Crippen molar-refractivity contribution in [1.29, 1.82) is 0 Å². The van der Waals surface area contributed by atoms with Crippen LogP contribution in [-0.4, -0.2) is 40.3 Å². The summed E-state index contributed by atoms with van der Waals surface area (Å²) in [6.07, 6.45) is 5.16. The van der Waals surface area contributed by atoms with Crippen LogP contribution in [0.1, 0.15) is 21.9 Å². The Morgan fingerprint density at radius 2 is 2.33 bits per heavy atom. The van der Waals surface area contributed by atoms with Gasteiger partial charge in [-0.15, -0.1) is 0 Å². The summed E-state index contributed by atoms with van der Waals surface area (Å²) in [7, 11) is 0. The van der Waals surface area contributed by atoms with E-state index in [4.69, 9.17) is 9.26 Å². The van der Waals surface area contributed by atoms with Gasteiger partial charge >= 0.3 is 0 Å². The van der Waals surface area contributed by atoms with E-state index in [1.54, 1.807) is 0 Å². The molecule has 7 nitrogen and oxygen atoms in total. The lowest BCUT2D eigenvalue weighted by Crippen LogP contribution is -2.40. The summed E-state index contributed by atoms with van der Waals surface area (Å²) in [4.78, 5) is 20.0. The first-order valence-electron chi connectivity index (χ1n) is 6.79. The van der Waals surface area contributed by atoms with Crippen molar-refractivity contribution >= 4 is 5.91 Å². The Bertz CT molecular complexity index is 614. The van der Waals surface area contributed by atoms with Gasteiger partial charge in [0.2, 0.25) is 0 Å². The molecular formula is C14H16N4O3. The number of carbonyl (C=O) groups is 1. The van der Waals surface area contributed by atoms with E-state index in [2.05, 4.69) is 20.4 Å². The summed E-state index contributed by atoms with van der Waals surface area (Å²) in [5.74, 6) is 0.733. The third-order valence-corrected chi connectivity index (χ3v) is 3.45. The standard InChI is InChI=1S/C14H16N4O3/c1-9-4-11(21-18-9)5-10-7-20-8-13(10)17-14(19)12-6-15-2-3-16-12/h2-4,6,10,13H,5,7-8H2,1H3,(H,17,19)/t10-,13+/m1/s1. The van der Waals surface area contributed by atoms with Gasteiger partial charge in [-0.3, -0.25) is 9.78 Å². The molecule has 3 rings (SSSR count). The smallest absolute Gasteiger partial charge is 0.271 e. The van der Waals surface area contributed by atoms with Gasteiger partial charge in [-0.2, -0.15) is 0 Å². The van der Waals surface area contributed by atoms with Crippen molar-refractivity contribution in [3.05, 3.63) is 41.8 Å². The fourth-order valence-corrected chi connectivity index (χ4v) is 2.39. The molecule has 0 bridgehead atoms. The summed E-state index contributed by atoms with van der Waals surface area (Å²) in [6.45, 7) is 2.96. The Morgan fingerprint density at radius 3 is 3.05 bits per heavy atom. The molecule has 2 atom stereocenters. The molecule has 1 saturated heterocycles. The Morgan fingerprint density at radius 1 is 1.43 bits per heavy atom. The first-order valence-corrected chi connectivity index (χ1v) is 6.79. The van der Waals surface area contributed by atoms with E-state index in [-0.39, 0.29) is 17.9 Å². The molecule has 1 N–H and O–H groups in total. The molecule has 0 radical (unpaired) electrons. The van der Waals surface area contributed by atoms with Crippen molar-refractivity contribution in [2.24, 2.45) is 5.92 Å². The zero-order chi connectivity index (χ0) is 14.7. The van der Waals surface area contributed by atoms with Gasteiger partial charge in [-0.1, -0.05) is 5.16 Å². The zero-order valence-corrected chi connectivity index (χ0v) is 11.7. The quantitative estimate of drug-likeness (QED) is 0.893. The van der Waals surface area contributed by atoms with Crippen molar-refractivity contribution in [2.45, 2.75) is 19.4 Å². The number of carbonyl (C=O) groups excluding carboxylic acids is 1. The number of aryl methyl sites for hydroxylation is 1. The molecule has 0 spiro atoms. The lowest BCUT2D eigenvalue weighted by Gasteiger charge is -2.17. The van der Waals surface area contributed by atoms with Crippen molar-refractivity contribution in [2.75, 3.05) is 13.2 Å². The van der Waals surface area contributed by atoms with E-state index < -0.39 is 0 Å². The Hall–Kier alpha value is -2.28. The lowest BCUT2D eigenvalue weighted by molar-refractivity contribution is 0.0919. The van der Waals surface area contributed by atoms with Crippen LogP contribution in [0.4, 0.5) is 0 Å². The molecule has 2 aromatic rings. The highest BCUT2D eigenvalue weighted by molar-refractivity contribution is 5.92. The van der Waals surface area contributed by atoms with Crippen LogP contribution in [0.25, 0.3) is 0 Å². The summed E-state index contributed by atoms with van der Waals surface area (Å²) in [5.41, 5.74) is 1.16. The number of rotatable bonds is 4. The third kappa shape index (κ3) is 3.25. The fourth-order valence-electron chi connectivity index (χ4n) is 2.39. The van der Waals surface area contributed by atoms with Crippen molar-refractivity contribution < 1.29 is 14.1 Å². The number of amides is 1. The second-order valence-electron chi connectivity index (χ2n) is 5.11. The average molecular weight is 288 g/mol. The van der Waals surface area contributed by atoms with Crippen molar-refractivity contribution in [1.82, 2.24) is 20.4 Å². The molecule has 0 saturated carbocycles. The SMILES string of the molecule is Cc1cc(C[C@@H]2COC[C@@H]2NC(=O)c2cnccn2)on1. The fraction of sp³-hybridized carbons (Fsp3) is 0.429. The number of nitrogens with one attached hydrogen (secondary N) is 1. The number of ether oxygens (including phenoxy) is 1. The molecule has 2 aromatic heterocycles. The van der Waals surface area contributed by atoms with Gasteiger partial charge in [0.15, 0.2) is 0 Å². The molecule has 0 aromatic carbocycles. The Balaban J connectivity index is 1.63. The van der Waals surface area contributed by atoms with Gasteiger partial charge in [0, 0.05) is 30.8 Å². The van der Waals surface area contributed by atoms with E-state index in [9.17, 15) is 4.79 Å². The van der Waals surface area contributed by atoms with Gasteiger partial charge in [0.1, 0.15) is 11.5 Å². The molecule has 0 aliphatic carbocycles. The summed E-state index contributed by atoms with van der Waals surface area (Å²) in [6, 6.07) is 1.84. The summed E-state index contributed by atoms with van der Waals surface area (Å²) in [5, 5.41) is 6.81. The first kappa shape index (κ1) is 13.7. The van der Waals surface area contributed by atoms with Gasteiger partial charge in [-0.05, 0) is 6.92 Å². The van der Waals surface area contributed by atoms with Crippen LogP contribution in [0.3, 0.4) is 0 Å². The molecule has 110 valence electrons. The van der Waals surface area contributed by atoms with Crippen LogP contribution in [0, 0.1) is 12.8 Å². The highest BCUT2D eigenvalue weighted by atomic mass is 16.5. The molecule has 1 fully saturated rings. The van der Waals surface area contributed by atoms with Crippen LogP contribution in [0.5, 0.6) is 0 Å². The number of hydrogen-bond donors (Lipinski definition) is 1. The second kappa shape index (κ2) is 6.01. The minimum absolute atomic E-state index is 0.0649. The van der Waals surface area contributed by atoms with E-state index in [1.807, 2.05) is 13.0 Å². The number of nitrogens with zero attached hydrogens (tertiary/aromatic N) is 3. The van der Waals surface area contributed by atoms with Crippen molar-refractivity contribution in [3.63, 3.8) is 0 Å². The summed E-state index contributed by atoms with van der Waals surface area (Å²) < 4.78 is 10.7. The molecule has 1 aliphatic heterocycles. The predicted molar refractivity (Wildman–Crippen MR) is 72.5 cm³/mol. The molecule has 0 unspecified atom stereocenters. The summed E-state index contributed by atoms with van der Waals surface area (Å²) >= 11 is 0. The molecular weight excluding hydrogens is 272 g/mol. The Labute approximate surface area is 121 Å². The van der Waals surface area contributed by atoms with E-state index in [0.29, 0.717) is 25.3 Å². The Kier molecular flexibility index (Phi) is 3.92.